The van der Waals surface area contributed by atoms with Crippen LogP contribution in [0.4, 0.5) is 4.79 Å². The molecule has 0 bridgehead atoms. The number of hydrogen-bond acceptors (Lipinski definition) is 4. The number of carbonyl (C=O) groups is 2. The van der Waals surface area contributed by atoms with Crippen LogP contribution >= 0.6 is 0 Å². The quantitative estimate of drug-likeness (QED) is 0.628. The number of β-amino-alcohol motifs (C(OH)–C–C–N with tert-alkyl or cyclic N) is 1. The summed E-state index contributed by atoms with van der Waals surface area (Å²) < 4.78 is 5.32. The highest BCUT2D eigenvalue weighted by Crippen LogP contribution is 2.31. The molecule has 148 valence electrons. The topological polar surface area (TPSA) is 83.3 Å². The summed E-state index contributed by atoms with van der Waals surface area (Å²) in [6.45, 7) is 5.21. The van der Waals surface area contributed by atoms with E-state index in [-0.39, 0.29) is 12.5 Å². The number of carbonyl (C=O) groups excluding carboxylic acids is 2. The number of fused-ring (bicyclic) bond motifs is 1. The van der Waals surface area contributed by atoms with Gasteiger partial charge < -0.3 is 20.1 Å². The number of aliphatic hydroxyl groups excluding tert-OH is 1. The van der Waals surface area contributed by atoms with Crippen molar-refractivity contribution >= 4 is 22.7 Å². The van der Waals surface area contributed by atoms with Crippen molar-refractivity contribution in [2.75, 3.05) is 39.4 Å². The lowest BCUT2D eigenvalue weighted by Crippen LogP contribution is -3.15. The van der Waals surface area contributed by atoms with Crippen LogP contribution in [0.1, 0.15) is 12.5 Å². The number of nitrogens with one attached hydrogen (secondary N) is 2. The molecule has 2 aliphatic heterocycles. The maximum Gasteiger partial charge on any atom is 0.325 e. The molecule has 4 rings (SSSR count). The van der Waals surface area contributed by atoms with E-state index in [9.17, 15) is 14.7 Å². The highest BCUT2D eigenvalue weighted by atomic mass is 16.5. The Hall–Kier alpha value is -2.48. The van der Waals surface area contributed by atoms with Crippen molar-refractivity contribution in [2.24, 2.45) is 0 Å². The minimum atomic E-state index is -1.13. The van der Waals surface area contributed by atoms with Crippen molar-refractivity contribution in [2.45, 2.75) is 18.6 Å². The zero-order valence-electron chi connectivity index (χ0n) is 16.0. The Bertz CT molecular complexity index is 896. The molecule has 2 fully saturated rings. The summed E-state index contributed by atoms with van der Waals surface area (Å²) >= 11 is 0. The maximum absolute atomic E-state index is 13.1. The first kappa shape index (κ1) is 18.9. The summed E-state index contributed by atoms with van der Waals surface area (Å²) in [5.41, 5.74) is -0.396. The number of nitrogens with zero attached hydrogens (tertiary/aromatic N) is 1. The molecule has 0 aromatic heterocycles. The van der Waals surface area contributed by atoms with Gasteiger partial charge in [0.1, 0.15) is 31.3 Å². The summed E-state index contributed by atoms with van der Waals surface area (Å²) in [7, 11) is 0. The van der Waals surface area contributed by atoms with E-state index in [0.717, 1.165) is 34.3 Å². The first-order valence-corrected chi connectivity index (χ1v) is 9.70. The summed E-state index contributed by atoms with van der Waals surface area (Å²) in [6.07, 6.45) is -0.762. The second kappa shape index (κ2) is 7.50. The Kier molecular flexibility index (Phi) is 5.05. The van der Waals surface area contributed by atoms with Crippen LogP contribution in [0, 0.1) is 0 Å². The van der Waals surface area contributed by atoms with Gasteiger partial charge in [0.2, 0.25) is 0 Å². The van der Waals surface area contributed by atoms with Gasteiger partial charge >= 0.3 is 6.03 Å². The van der Waals surface area contributed by atoms with Crippen LogP contribution in [-0.4, -0.2) is 67.4 Å². The van der Waals surface area contributed by atoms with Gasteiger partial charge in [0.25, 0.3) is 5.91 Å². The maximum atomic E-state index is 13.1. The Balaban J connectivity index is 1.50. The zero-order chi connectivity index (χ0) is 19.7. The molecule has 7 heteroatoms. The van der Waals surface area contributed by atoms with Crippen molar-refractivity contribution in [1.29, 1.82) is 0 Å². The Morgan fingerprint density at radius 2 is 1.89 bits per heavy atom. The monoisotopic (exact) mass is 384 g/mol. The number of amides is 3. The number of urea groups is 1. The van der Waals surface area contributed by atoms with E-state index >= 15 is 0 Å². The van der Waals surface area contributed by atoms with Crippen molar-refractivity contribution in [3.8, 4) is 0 Å². The van der Waals surface area contributed by atoms with E-state index < -0.39 is 17.7 Å². The zero-order valence-corrected chi connectivity index (χ0v) is 16.0. The van der Waals surface area contributed by atoms with Gasteiger partial charge in [-0.1, -0.05) is 36.4 Å². The second-order valence-corrected chi connectivity index (χ2v) is 7.75. The van der Waals surface area contributed by atoms with E-state index in [1.54, 1.807) is 6.92 Å². The van der Waals surface area contributed by atoms with E-state index in [1.165, 1.54) is 4.90 Å². The third kappa shape index (κ3) is 3.48. The van der Waals surface area contributed by atoms with Crippen molar-refractivity contribution in [1.82, 2.24) is 10.2 Å². The summed E-state index contributed by atoms with van der Waals surface area (Å²) in [4.78, 5) is 28.0. The normalized spacial score (nSPS) is 24.6. The predicted octanol–water partition coefficient (Wildman–Crippen LogP) is -0.117. The molecule has 0 saturated carbocycles. The van der Waals surface area contributed by atoms with Gasteiger partial charge in [-0.2, -0.15) is 0 Å². The number of ether oxygens (including phenoxy) is 1. The molecule has 0 aliphatic carbocycles. The van der Waals surface area contributed by atoms with Gasteiger partial charge in [0.05, 0.1) is 19.8 Å². The lowest BCUT2D eigenvalue weighted by molar-refractivity contribution is -0.910. The third-order valence-corrected chi connectivity index (χ3v) is 5.72. The number of benzene rings is 2. The lowest BCUT2D eigenvalue weighted by atomic mass is 9.90. The molecule has 0 spiro atoms. The van der Waals surface area contributed by atoms with Crippen molar-refractivity contribution < 1.29 is 24.3 Å². The summed E-state index contributed by atoms with van der Waals surface area (Å²) in [5, 5.41) is 15.4. The number of aliphatic hydroxyl groups is 1. The highest BCUT2D eigenvalue weighted by Gasteiger charge is 2.49. The fourth-order valence-electron chi connectivity index (χ4n) is 4.03. The molecule has 0 radical (unpaired) electrons. The molecular weight excluding hydrogens is 358 g/mol. The molecular formula is C21H26N3O4+. The number of imide groups is 1. The second-order valence-electron chi connectivity index (χ2n) is 7.75. The summed E-state index contributed by atoms with van der Waals surface area (Å²) in [5.74, 6) is -0.330. The average molecular weight is 384 g/mol. The van der Waals surface area contributed by atoms with E-state index in [2.05, 4.69) is 5.32 Å². The molecule has 2 saturated heterocycles. The van der Waals surface area contributed by atoms with Crippen LogP contribution in [-0.2, 0) is 15.1 Å². The van der Waals surface area contributed by atoms with Gasteiger partial charge in [-0.25, -0.2) is 4.79 Å². The van der Waals surface area contributed by atoms with Gasteiger partial charge in [0, 0.05) is 0 Å². The van der Waals surface area contributed by atoms with Gasteiger partial charge in [-0.3, -0.25) is 9.69 Å². The molecule has 2 heterocycles. The third-order valence-electron chi connectivity index (χ3n) is 5.72. The standard InChI is InChI=1S/C21H25N3O4/c1-21(17-7-6-15-4-2-3-5-16(15)12-17)19(26)24(20(27)22-21)14-18(25)13-23-8-10-28-11-9-23/h2-7,12,18,25H,8-11,13-14H2,1H3,(H,22,27)/p+1/t18-,21+/m0/s1. The van der Waals surface area contributed by atoms with Crippen LogP contribution in [0.3, 0.4) is 0 Å². The van der Waals surface area contributed by atoms with Crippen LogP contribution in [0.25, 0.3) is 10.8 Å². The van der Waals surface area contributed by atoms with Crippen LogP contribution in [0.15, 0.2) is 42.5 Å². The van der Waals surface area contributed by atoms with Gasteiger partial charge in [-0.05, 0) is 29.3 Å². The largest absolute Gasteiger partial charge is 0.385 e. The average Bonchev–Trinajstić information content (AvgIpc) is 2.92. The van der Waals surface area contributed by atoms with E-state index in [4.69, 9.17) is 4.74 Å². The van der Waals surface area contributed by atoms with Crippen LogP contribution < -0.4 is 10.2 Å². The first-order chi connectivity index (χ1) is 13.5. The molecule has 2 aromatic rings. The Morgan fingerprint density at radius 3 is 2.64 bits per heavy atom. The molecule has 2 atom stereocenters. The Labute approximate surface area is 163 Å². The smallest absolute Gasteiger partial charge is 0.325 e. The Morgan fingerprint density at radius 1 is 1.18 bits per heavy atom. The number of rotatable bonds is 5. The number of quaternary nitrogens is 1. The molecule has 2 aliphatic rings. The van der Waals surface area contributed by atoms with Crippen LogP contribution in [0.2, 0.25) is 0 Å². The molecule has 0 unspecified atom stereocenters. The highest BCUT2D eigenvalue weighted by molar-refractivity contribution is 6.07. The molecule has 3 amide bonds. The lowest BCUT2D eigenvalue weighted by Gasteiger charge is -2.27. The predicted molar refractivity (Wildman–Crippen MR) is 104 cm³/mol. The van der Waals surface area contributed by atoms with Crippen molar-refractivity contribution in [3.05, 3.63) is 48.0 Å². The van der Waals surface area contributed by atoms with Gasteiger partial charge in [0.15, 0.2) is 0 Å². The molecule has 3 N–H and O–H groups in total. The van der Waals surface area contributed by atoms with Gasteiger partial charge in [-0.15, -0.1) is 0 Å². The minimum absolute atomic E-state index is 0.00179. The summed E-state index contributed by atoms with van der Waals surface area (Å²) in [6, 6.07) is 13.2. The molecule has 2 aromatic carbocycles. The van der Waals surface area contributed by atoms with E-state index in [0.29, 0.717) is 19.8 Å². The number of morpholine rings is 1. The van der Waals surface area contributed by atoms with Crippen molar-refractivity contribution in [3.63, 3.8) is 0 Å². The van der Waals surface area contributed by atoms with Crippen LogP contribution in [0.5, 0.6) is 0 Å². The van der Waals surface area contributed by atoms with E-state index in [1.807, 2.05) is 42.5 Å². The fraction of sp³-hybridized carbons (Fsp3) is 0.429. The minimum Gasteiger partial charge on any atom is -0.385 e. The molecule has 28 heavy (non-hydrogen) atoms. The SMILES string of the molecule is C[C@]1(c2ccc3ccccc3c2)NC(=O)N(C[C@@H](O)C[NH+]2CCOCC2)C1=O. The first-order valence-electron chi connectivity index (χ1n) is 9.70. The fourth-order valence-corrected chi connectivity index (χ4v) is 4.03. The number of hydrogen-bond donors (Lipinski definition) is 3. The molecule has 7 nitrogen and oxygen atoms in total.